The van der Waals surface area contributed by atoms with E-state index >= 15 is 0 Å². The number of rotatable bonds is 4. The van der Waals surface area contributed by atoms with E-state index in [4.69, 9.17) is 14.2 Å². The monoisotopic (exact) mass is 567 g/mol. The highest BCUT2D eigenvalue weighted by Crippen LogP contribution is 2.40. The van der Waals surface area contributed by atoms with Crippen LogP contribution >= 0.6 is 0 Å². The molecule has 0 saturated carbocycles. The number of hydrogen-bond donors (Lipinski definition) is 1. The Bertz CT molecular complexity index is 2420. The predicted octanol–water partition coefficient (Wildman–Crippen LogP) is 10.3. The minimum absolute atomic E-state index is 0.0899. The molecule has 2 aromatic heterocycles. The van der Waals surface area contributed by atoms with Crippen LogP contribution < -0.4 is 0 Å². The van der Waals surface area contributed by atoms with Crippen molar-refractivity contribution >= 4 is 62.3 Å². The largest absolute Gasteiger partial charge is 0.456 e. The highest BCUT2D eigenvalue weighted by molar-refractivity contribution is 6.21. The van der Waals surface area contributed by atoms with Crippen molar-refractivity contribution in [3.05, 3.63) is 145 Å². The standard InChI is InChI=1S/C39H25N3O2/c1-41-39(25-12-6-3-7-13-25)42-38(40)30-15-9-17-34-37(30)31-22-27(19-21-32(31)43-34)28-14-8-16-33-36(28)29-20-18-26(23-35(29)44-33)24-10-4-2-5-11-24/h2-23,40H,1H2. The normalized spacial score (nSPS) is 12.0. The summed E-state index contributed by atoms with van der Waals surface area (Å²) in [5, 5.41) is 12.8. The van der Waals surface area contributed by atoms with Gasteiger partial charge in [-0.2, -0.15) is 0 Å². The fourth-order valence-electron chi connectivity index (χ4n) is 6.01. The van der Waals surface area contributed by atoms with E-state index in [9.17, 15) is 0 Å². The van der Waals surface area contributed by atoms with E-state index in [0.29, 0.717) is 17.0 Å². The van der Waals surface area contributed by atoms with Gasteiger partial charge in [0.25, 0.3) is 0 Å². The molecule has 208 valence electrons. The Morgan fingerprint density at radius 2 is 1.25 bits per heavy atom. The van der Waals surface area contributed by atoms with Crippen molar-refractivity contribution in [2.24, 2.45) is 9.98 Å². The van der Waals surface area contributed by atoms with E-state index in [-0.39, 0.29) is 5.84 Å². The average molecular weight is 568 g/mol. The molecule has 44 heavy (non-hydrogen) atoms. The van der Waals surface area contributed by atoms with Crippen molar-refractivity contribution in [1.29, 1.82) is 5.41 Å². The van der Waals surface area contributed by atoms with Crippen molar-refractivity contribution in [3.8, 4) is 22.3 Å². The topological polar surface area (TPSA) is 74.8 Å². The second-order valence-corrected chi connectivity index (χ2v) is 10.7. The Morgan fingerprint density at radius 3 is 2.05 bits per heavy atom. The van der Waals surface area contributed by atoms with Crippen molar-refractivity contribution < 1.29 is 8.83 Å². The third-order valence-electron chi connectivity index (χ3n) is 8.06. The van der Waals surface area contributed by atoms with Gasteiger partial charge in [0, 0.05) is 32.7 Å². The third kappa shape index (κ3) is 4.22. The molecular weight excluding hydrogens is 542 g/mol. The van der Waals surface area contributed by atoms with Crippen LogP contribution in [0.25, 0.3) is 66.1 Å². The Morgan fingerprint density at radius 1 is 0.545 bits per heavy atom. The molecule has 0 unspecified atom stereocenters. The van der Waals surface area contributed by atoms with E-state index in [1.54, 1.807) is 0 Å². The molecule has 6 aromatic carbocycles. The lowest BCUT2D eigenvalue weighted by atomic mass is 9.96. The first-order valence-electron chi connectivity index (χ1n) is 14.3. The molecule has 0 amide bonds. The first-order chi connectivity index (χ1) is 21.7. The van der Waals surface area contributed by atoms with Crippen LogP contribution in [0.4, 0.5) is 0 Å². The summed E-state index contributed by atoms with van der Waals surface area (Å²) in [5.74, 6) is 0.488. The number of aliphatic imine (C=N–C) groups is 2. The van der Waals surface area contributed by atoms with Gasteiger partial charge in [0.2, 0.25) is 0 Å². The number of furan rings is 2. The zero-order chi connectivity index (χ0) is 29.6. The van der Waals surface area contributed by atoms with Crippen molar-refractivity contribution in [2.75, 3.05) is 0 Å². The molecule has 0 aliphatic heterocycles. The highest BCUT2D eigenvalue weighted by Gasteiger charge is 2.18. The summed E-state index contributed by atoms with van der Waals surface area (Å²) in [6.45, 7) is 3.69. The fourth-order valence-corrected chi connectivity index (χ4v) is 6.01. The zero-order valence-electron chi connectivity index (χ0n) is 23.6. The molecule has 0 radical (unpaired) electrons. The summed E-state index contributed by atoms with van der Waals surface area (Å²) >= 11 is 0. The van der Waals surface area contributed by atoms with E-state index < -0.39 is 0 Å². The number of fused-ring (bicyclic) bond motifs is 6. The molecule has 1 N–H and O–H groups in total. The minimum Gasteiger partial charge on any atom is -0.456 e. The Hall–Kier alpha value is -6.07. The lowest BCUT2D eigenvalue weighted by Gasteiger charge is -2.06. The van der Waals surface area contributed by atoms with Gasteiger partial charge in [-0.05, 0) is 65.4 Å². The first-order valence-corrected chi connectivity index (χ1v) is 14.3. The van der Waals surface area contributed by atoms with Crippen LogP contribution in [0.3, 0.4) is 0 Å². The number of nitrogens with zero attached hydrogens (tertiary/aromatic N) is 2. The quantitative estimate of drug-likeness (QED) is 0.170. The van der Waals surface area contributed by atoms with Gasteiger partial charge in [0.15, 0.2) is 11.7 Å². The number of benzene rings is 6. The molecule has 0 aliphatic carbocycles. The summed E-state index contributed by atoms with van der Waals surface area (Å²) in [6, 6.07) is 44.4. The van der Waals surface area contributed by atoms with Crippen LogP contribution in [0, 0.1) is 5.41 Å². The van der Waals surface area contributed by atoms with Gasteiger partial charge in [-0.25, -0.2) is 9.98 Å². The smallest absolute Gasteiger partial charge is 0.161 e. The van der Waals surface area contributed by atoms with Gasteiger partial charge in [0.1, 0.15) is 22.3 Å². The van der Waals surface area contributed by atoms with E-state index in [1.165, 1.54) is 0 Å². The molecule has 0 saturated heterocycles. The molecule has 0 aliphatic rings. The second-order valence-electron chi connectivity index (χ2n) is 10.7. The number of amidine groups is 2. The highest BCUT2D eigenvalue weighted by atomic mass is 16.3. The summed E-state index contributed by atoms with van der Waals surface area (Å²) < 4.78 is 12.6. The molecule has 8 aromatic rings. The van der Waals surface area contributed by atoms with Crippen molar-refractivity contribution in [3.63, 3.8) is 0 Å². The number of nitrogens with one attached hydrogen (secondary N) is 1. The molecule has 5 nitrogen and oxygen atoms in total. The zero-order valence-corrected chi connectivity index (χ0v) is 23.6. The van der Waals surface area contributed by atoms with E-state index in [1.807, 2.05) is 84.9 Å². The molecule has 0 fully saturated rings. The van der Waals surface area contributed by atoms with Crippen molar-refractivity contribution in [1.82, 2.24) is 0 Å². The molecule has 0 bridgehead atoms. The Kier molecular flexibility index (Phi) is 6.02. The molecule has 2 heterocycles. The first kappa shape index (κ1) is 25.6. The van der Waals surface area contributed by atoms with Gasteiger partial charge in [0.05, 0.1) is 0 Å². The maximum Gasteiger partial charge on any atom is 0.161 e. The summed E-state index contributed by atoms with van der Waals surface area (Å²) in [5.41, 5.74) is 8.96. The summed E-state index contributed by atoms with van der Waals surface area (Å²) in [7, 11) is 0. The third-order valence-corrected chi connectivity index (χ3v) is 8.06. The van der Waals surface area contributed by atoms with Crippen LogP contribution in [-0.4, -0.2) is 18.4 Å². The summed E-state index contributed by atoms with van der Waals surface area (Å²) in [6.07, 6.45) is 0. The maximum atomic E-state index is 8.95. The van der Waals surface area contributed by atoms with Crippen LogP contribution in [0.15, 0.2) is 152 Å². The maximum absolute atomic E-state index is 8.95. The lowest BCUT2D eigenvalue weighted by molar-refractivity contribution is 0.669. The molecule has 0 spiro atoms. The van der Waals surface area contributed by atoms with Gasteiger partial charge >= 0.3 is 0 Å². The second kappa shape index (κ2) is 10.3. The lowest BCUT2D eigenvalue weighted by Crippen LogP contribution is -2.03. The molecule has 0 atom stereocenters. The van der Waals surface area contributed by atoms with Gasteiger partial charge in [-0.15, -0.1) is 0 Å². The Labute approximate surface area is 252 Å². The SMILES string of the molecule is C=NC(=NC(=N)c1cccc2oc3ccc(-c4cccc5oc6cc(-c7ccccc7)ccc6c45)cc3c12)c1ccccc1. The van der Waals surface area contributed by atoms with Crippen LogP contribution in [0.5, 0.6) is 0 Å². The van der Waals surface area contributed by atoms with E-state index in [2.05, 4.69) is 65.2 Å². The Balaban J connectivity index is 1.28. The molecule has 5 heteroatoms. The predicted molar refractivity (Wildman–Crippen MR) is 181 cm³/mol. The van der Waals surface area contributed by atoms with Crippen LogP contribution in [-0.2, 0) is 0 Å². The molecular formula is C39H25N3O2. The minimum atomic E-state index is 0.0899. The summed E-state index contributed by atoms with van der Waals surface area (Å²) in [4.78, 5) is 8.67. The number of hydrogen-bond acceptors (Lipinski definition) is 3. The average Bonchev–Trinajstić information content (AvgIpc) is 3.65. The van der Waals surface area contributed by atoms with Gasteiger partial charge in [-0.3, -0.25) is 5.41 Å². The molecule has 8 rings (SSSR count). The van der Waals surface area contributed by atoms with Crippen molar-refractivity contribution in [2.45, 2.75) is 0 Å². The van der Waals surface area contributed by atoms with Crippen LogP contribution in [0.2, 0.25) is 0 Å². The van der Waals surface area contributed by atoms with Crippen LogP contribution in [0.1, 0.15) is 11.1 Å². The van der Waals surface area contributed by atoms with Gasteiger partial charge < -0.3 is 8.83 Å². The van der Waals surface area contributed by atoms with Gasteiger partial charge in [-0.1, -0.05) is 97.1 Å². The van der Waals surface area contributed by atoms with E-state index in [0.717, 1.165) is 66.1 Å². The fraction of sp³-hybridized carbons (Fsp3) is 0.